The molecule has 1 fully saturated rings. The lowest BCUT2D eigenvalue weighted by Crippen LogP contribution is -2.29. The van der Waals surface area contributed by atoms with E-state index in [-0.39, 0.29) is 0 Å². The van der Waals surface area contributed by atoms with E-state index < -0.39 is 0 Å². The zero-order chi connectivity index (χ0) is 15.0. The predicted molar refractivity (Wildman–Crippen MR) is 84.4 cm³/mol. The van der Waals surface area contributed by atoms with E-state index in [0.717, 1.165) is 23.0 Å². The van der Waals surface area contributed by atoms with Crippen LogP contribution in [0.4, 0.5) is 0 Å². The summed E-state index contributed by atoms with van der Waals surface area (Å²) in [5.41, 5.74) is 3.39. The SMILES string of the molecule is Cc1noc(C)c1CN(C1CC1)C(C)c1ccccc1Cl. The molecular formula is C17H21ClN2O. The number of benzene rings is 1. The van der Waals surface area contributed by atoms with E-state index in [2.05, 4.69) is 29.1 Å². The molecule has 1 atom stereocenters. The van der Waals surface area contributed by atoms with Crippen molar-refractivity contribution < 1.29 is 4.52 Å². The molecule has 4 heteroatoms. The van der Waals surface area contributed by atoms with E-state index >= 15 is 0 Å². The first-order valence-electron chi connectivity index (χ1n) is 7.50. The lowest BCUT2D eigenvalue weighted by atomic mass is 10.0. The molecule has 1 aromatic heterocycles. The Morgan fingerprint density at radius 2 is 2.05 bits per heavy atom. The van der Waals surface area contributed by atoms with Gasteiger partial charge in [0.05, 0.1) is 5.69 Å². The van der Waals surface area contributed by atoms with Crippen LogP contribution < -0.4 is 0 Å². The van der Waals surface area contributed by atoms with Crippen LogP contribution in [0.3, 0.4) is 0 Å². The maximum Gasteiger partial charge on any atom is 0.138 e. The van der Waals surface area contributed by atoms with Crippen molar-refractivity contribution in [2.45, 2.75) is 52.2 Å². The number of hydrogen-bond donors (Lipinski definition) is 0. The molecule has 3 nitrogen and oxygen atoms in total. The van der Waals surface area contributed by atoms with Gasteiger partial charge >= 0.3 is 0 Å². The summed E-state index contributed by atoms with van der Waals surface area (Å²) < 4.78 is 5.30. The van der Waals surface area contributed by atoms with E-state index in [0.29, 0.717) is 12.1 Å². The number of hydrogen-bond acceptors (Lipinski definition) is 3. The molecule has 1 aliphatic carbocycles. The molecule has 0 spiro atoms. The van der Waals surface area contributed by atoms with Crippen molar-refractivity contribution >= 4 is 11.6 Å². The van der Waals surface area contributed by atoms with Crippen molar-refractivity contribution in [2.75, 3.05) is 0 Å². The average Bonchev–Trinajstić information content (AvgIpc) is 3.25. The number of aryl methyl sites for hydroxylation is 2. The van der Waals surface area contributed by atoms with Crippen molar-refractivity contribution in [1.29, 1.82) is 0 Å². The maximum absolute atomic E-state index is 6.38. The third-order valence-electron chi connectivity index (χ3n) is 4.39. The van der Waals surface area contributed by atoms with Crippen molar-refractivity contribution in [3.63, 3.8) is 0 Å². The molecule has 3 rings (SSSR count). The van der Waals surface area contributed by atoms with Crippen LogP contribution in [0.1, 0.15) is 48.4 Å². The third kappa shape index (κ3) is 2.99. The van der Waals surface area contributed by atoms with Crippen LogP contribution in [-0.2, 0) is 6.54 Å². The number of aromatic nitrogens is 1. The van der Waals surface area contributed by atoms with Gasteiger partial charge in [0.1, 0.15) is 5.76 Å². The normalized spacial score (nSPS) is 16.4. The summed E-state index contributed by atoms with van der Waals surface area (Å²) in [7, 11) is 0. The molecule has 1 unspecified atom stereocenters. The van der Waals surface area contributed by atoms with Gasteiger partial charge in [-0.3, -0.25) is 4.90 Å². The molecule has 1 saturated carbocycles. The summed E-state index contributed by atoms with van der Waals surface area (Å²) in [6.45, 7) is 7.10. The molecule has 1 aliphatic rings. The van der Waals surface area contributed by atoms with Gasteiger partial charge in [-0.2, -0.15) is 0 Å². The first kappa shape index (κ1) is 14.6. The van der Waals surface area contributed by atoms with E-state index in [4.69, 9.17) is 16.1 Å². The van der Waals surface area contributed by atoms with E-state index in [1.807, 2.05) is 26.0 Å². The summed E-state index contributed by atoms with van der Waals surface area (Å²) in [6, 6.07) is 9.06. The van der Waals surface area contributed by atoms with Gasteiger partial charge in [0, 0.05) is 29.2 Å². The fraction of sp³-hybridized carbons (Fsp3) is 0.471. The quantitative estimate of drug-likeness (QED) is 0.804. The number of rotatable bonds is 5. The monoisotopic (exact) mass is 304 g/mol. The van der Waals surface area contributed by atoms with E-state index in [1.54, 1.807) is 0 Å². The molecule has 112 valence electrons. The molecule has 1 aromatic carbocycles. The van der Waals surface area contributed by atoms with Crippen LogP contribution in [0.5, 0.6) is 0 Å². The summed E-state index contributed by atoms with van der Waals surface area (Å²) in [6.07, 6.45) is 2.52. The van der Waals surface area contributed by atoms with Crippen molar-refractivity contribution in [1.82, 2.24) is 10.1 Å². The Morgan fingerprint density at radius 1 is 1.33 bits per heavy atom. The number of nitrogens with zero attached hydrogens (tertiary/aromatic N) is 2. The van der Waals surface area contributed by atoms with Crippen LogP contribution in [0.25, 0.3) is 0 Å². The highest BCUT2D eigenvalue weighted by Crippen LogP contribution is 2.38. The molecule has 0 saturated heterocycles. The van der Waals surface area contributed by atoms with Crippen LogP contribution >= 0.6 is 11.6 Å². The Labute approximate surface area is 130 Å². The van der Waals surface area contributed by atoms with Crippen LogP contribution in [0, 0.1) is 13.8 Å². The fourth-order valence-corrected chi connectivity index (χ4v) is 3.18. The second kappa shape index (κ2) is 5.82. The smallest absolute Gasteiger partial charge is 0.138 e. The van der Waals surface area contributed by atoms with Crippen molar-refractivity contribution in [3.05, 3.63) is 51.9 Å². The Bertz CT molecular complexity index is 614. The van der Waals surface area contributed by atoms with Gasteiger partial charge in [0.15, 0.2) is 0 Å². The van der Waals surface area contributed by atoms with E-state index in [9.17, 15) is 0 Å². The van der Waals surface area contributed by atoms with Gasteiger partial charge in [-0.05, 0) is 45.2 Å². The van der Waals surface area contributed by atoms with Crippen LogP contribution in [0.15, 0.2) is 28.8 Å². The molecule has 0 radical (unpaired) electrons. The minimum atomic E-state index is 0.292. The van der Waals surface area contributed by atoms with Gasteiger partial charge in [-0.1, -0.05) is 35.0 Å². The second-order valence-corrected chi connectivity index (χ2v) is 6.31. The summed E-state index contributed by atoms with van der Waals surface area (Å²) in [5.74, 6) is 0.921. The highest BCUT2D eigenvalue weighted by Gasteiger charge is 2.34. The van der Waals surface area contributed by atoms with Gasteiger partial charge in [0.2, 0.25) is 0 Å². The predicted octanol–water partition coefficient (Wildman–Crippen LogP) is 4.67. The Hall–Kier alpha value is -1.32. The van der Waals surface area contributed by atoms with Gasteiger partial charge in [-0.25, -0.2) is 0 Å². The average molecular weight is 305 g/mol. The molecule has 0 bridgehead atoms. The molecule has 1 heterocycles. The van der Waals surface area contributed by atoms with Gasteiger partial charge in [-0.15, -0.1) is 0 Å². The summed E-state index contributed by atoms with van der Waals surface area (Å²) >= 11 is 6.38. The van der Waals surface area contributed by atoms with Crippen LogP contribution in [-0.4, -0.2) is 16.1 Å². The molecule has 0 amide bonds. The Morgan fingerprint density at radius 3 is 2.62 bits per heavy atom. The largest absolute Gasteiger partial charge is 0.361 e. The zero-order valence-electron chi connectivity index (χ0n) is 12.8. The van der Waals surface area contributed by atoms with Crippen molar-refractivity contribution in [2.24, 2.45) is 0 Å². The second-order valence-electron chi connectivity index (χ2n) is 5.90. The first-order valence-corrected chi connectivity index (χ1v) is 7.87. The minimum Gasteiger partial charge on any atom is -0.361 e. The van der Waals surface area contributed by atoms with Crippen LogP contribution in [0.2, 0.25) is 5.02 Å². The molecule has 21 heavy (non-hydrogen) atoms. The molecular weight excluding hydrogens is 284 g/mol. The maximum atomic E-state index is 6.38. The lowest BCUT2D eigenvalue weighted by Gasteiger charge is -2.30. The molecule has 0 N–H and O–H groups in total. The lowest BCUT2D eigenvalue weighted by molar-refractivity contribution is 0.189. The first-order chi connectivity index (χ1) is 10.1. The fourth-order valence-electron chi connectivity index (χ4n) is 2.89. The highest BCUT2D eigenvalue weighted by atomic mass is 35.5. The standard InChI is InChI=1S/C17H21ClN2O/c1-11-16(13(3)21-19-11)10-20(14-8-9-14)12(2)15-6-4-5-7-17(15)18/h4-7,12,14H,8-10H2,1-3H3. The van der Waals surface area contributed by atoms with Gasteiger partial charge in [0.25, 0.3) is 0 Å². The summed E-state index contributed by atoms with van der Waals surface area (Å²) in [5, 5.41) is 4.91. The zero-order valence-corrected chi connectivity index (χ0v) is 13.5. The van der Waals surface area contributed by atoms with Gasteiger partial charge < -0.3 is 4.52 Å². The molecule has 2 aromatic rings. The highest BCUT2D eigenvalue weighted by molar-refractivity contribution is 6.31. The van der Waals surface area contributed by atoms with E-state index in [1.165, 1.54) is 24.0 Å². The topological polar surface area (TPSA) is 29.3 Å². The molecule has 0 aliphatic heterocycles. The third-order valence-corrected chi connectivity index (χ3v) is 4.73. The van der Waals surface area contributed by atoms with Crippen molar-refractivity contribution in [3.8, 4) is 0 Å². The Kier molecular flexibility index (Phi) is 4.05. The minimum absolute atomic E-state index is 0.292. The summed E-state index contributed by atoms with van der Waals surface area (Å²) in [4.78, 5) is 2.52. The Balaban J connectivity index is 1.87. The number of halogens is 1.